The van der Waals surface area contributed by atoms with Crippen LogP contribution in [0.4, 0.5) is 0 Å². The van der Waals surface area contributed by atoms with Crippen molar-refractivity contribution < 1.29 is 14.3 Å². The van der Waals surface area contributed by atoms with Crippen molar-refractivity contribution in [1.29, 1.82) is 0 Å². The summed E-state index contributed by atoms with van der Waals surface area (Å²) in [6, 6.07) is 0. The van der Waals surface area contributed by atoms with Crippen LogP contribution >= 0.6 is 0 Å². The van der Waals surface area contributed by atoms with E-state index in [9.17, 15) is 4.79 Å². The first-order valence-electron chi connectivity index (χ1n) is 4.48. The normalized spacial score (nSPS) is 23.1. The Labute approximate surface area is 78.0 Å². The van der Waals surface area contributed by atoms with Gasteiger partial charge in [0.25, 0.3) is 0 Å². The highest BCUT2D eigenvalue weighted by Gasteiger charge is 2.19. The summed E-state index contributed by atoms with van der Waals surface area (Å²) in [6.07, 6.45) is 5.67. The molecule has 0 saturated carbocycles. The average molecular weight is 182 g/mol. The molecule has 0 aromatic heterocycles. The van der Waals surface area contributed by atoms with Crippen molar-refractivity contribution >= 4 is 5.97 Å². The molecule has 0 aromatic rings. The Hall–Kier alpha value is -1.25. The number of rotatable bonds is 2. The van der Waals surface area contributed by atoms with E-state index in [2.05, 4.69) is 6.92 Å². The van der Waals surface area contributed by atoms with E-state index in [0.717, 1.165) is 12.8 Å². The van der Waals surface area contributed by atoms with Gasteiger partial charge in [-0.05, 0) is 25.5 Å². The molecule has 13 heavy (non-hydrogen) atoms. The first-order chi connectivity index (χ1) is 6.27. The Morgan fingerprint density at radius 2 is 2.23 bits per heavy atom. The van der Waals surface area contributed by atoms with E-state index in [4.69, 9.17) is 9.47 Å². The van der Waals surface area contributed by atoms with E-state index in [1.807, 2.05) is 13.0 Å². The molecule has 1 aliphatic heterocycles. The fourth-order valence-corrected chi connectivity index (χ4v) is 1.05. The van der Waals surface area contributed by atoms with Gasteiger partial charge in [0, 0.05) is 0 Å². The zero-order valence-electron chi connectivity index (χ0n) is 8.00. The molecule has 72 valence electrons. The summed E-state index contributed by atoms with van der Waals surface area (Å²) < 4.78 is 10.2. The molecule has 1 heterocycles. The number of hydrogen-bond donors (Lipinski definition) is 0. The Morgan fingerprint density at radius 3 is 2.85 bits per heavy atom. The quantitative estimate of drug-likeness (QED) is 0.614. The molecule has 0 aliphatic carbocycles. The van der Waals surface area contributed by atoms with Crippen molar-refractivity contribution in [2.75, 3.05) is 6.61 Å². The Kier molecular flexibility index (Phi) is 3.55. The van der Waals surface area contributed by atoms with Crippen LogP contribution in [0, 0.1) is 0 Å². The second-order valence-corrected chi connectivity index (χ2v) is 2.77. The first-order valence-corrected chi connectivity index (χ1v) is 4.48. The van der Waals surface area contributed by atoms with E-state index in [1.54, 1.807) is 6.08 Å². The molecule has 1 fully saturated rings. The standard InChI is InChI=1S/C10H14O3/c1-3-5-6-9-8(4-2)13-10(11)7-12-9/h4,6H,3,5,7H2,1-2H3/b8-4+,9-6+. The lowest BCUT2D eigenvalue weighted by Gasteiger charge is -2.18. The SMILES string of the molecule is C/C=C1/OC(=O)CO/C1=C/CCC. The monoisotopic (exact) mass is 182 g/mol. The molecular formula is C10H14O3. The Bertz CT molecular complexity index is 251. The maximum Gasteiger partial charge on any atom is 0.349 e. The van der Waals surface area contributed by atoms with Gasteiger partial charge < -0.3 is 9.47 Å². The second-order valence-electron chi connectivity index (χ2n) is 2.77. The number of unbranched alkanes of at least 4 members (excludes halogenated alkanes) is 1. The highest BCUT2D eigenvalue weighted by atomic mass is 16.6. The van der Waals surface area contributed by atoms with E-state index in [1.165, 1.54) is 0 Å². The summed E-state index contributed by atoms with van der Waals surface area (Å²) in [4.78, 5) is 10.8. The first kappa shape index (κ1) is 9.84. The van der Waals surface area contributed by atoms with Gasteiger partial charge in [0.15, 0.2) is 18.1 Å². The molecule has 0 atom stereocenters. The van der Waals surface area contributed by atoms with E-state index in [-0.39, 0.29) is 12.6 Å². The van der Waals surface area contributed by atoms with Crippen LogP contribution in [-0.2, 0) is 14.3 Å². The second kappa shape index (κ2) is 4.70. The van der Waals surface area contributed by atoms with Crippen molar-refractivity contribution in [2.24, 2.45) is 0 Å². The minimum atomic E-state index is -0.332. The van der Waals surface area contributed by atoms with Gasteiger partial charge in [0.1, 0.15) is 0 Å². The molecule has 3 heteroatoms. The largest absolute Gasteiger partial charge is 0.478 e. The minimum Gasteiger partial charge on any atom is -0.478 e. The van der Waals surface area contributed by atoms with Crippen LogP contribution in [0.3, 0.4) is 0 Å². The maximum atomic E-state index is 10.8. The molecule has 0 spiro atoms. The summed E-state index contributed by atoms with van der Waals surface area (Å²) in [5, 5.41) is 0. The molecular weight excluding hydrogens is 168 g/mol. The van der Waals surface area contributed by atoms with Crippen molar-refractivity contribution in [2.45, 2.75) is 26.7 Å². The number of hydrogen-bond acceptors (Lipinski definition) is 3. The van der Waals surface area contributed by atoms with Gasteiger partial charge >= 0.3 is 5.97 Å². The fourth-order valence-electron chi connectivity index (χ4n) is 1.05. The summed E-state index contributed by atoms with van der Waals surface area (Å²) in [7, 11) is 0. The van der Waals surface area contributed by atoms with Gasteiger partial charge in [-0.25, -0.2) is 4.79 Å². The van der Waals surface area contributed by atoms with Gasteiger partial charge in [-0.2, -0.15) is 0 Å². The Morgan fingerprint density at radius 1 is 1.46 bits per heavy atom. The van der Waals surface area contributed by atoms with Crippen LogP contribution in [0.1, 0.15) is 26.7 Å². The molecule has 1 aliphatic rings. The van der Waals surface area contributed by atoms with Crippen LogP contribution in [0.2, 0.25) is 0 Å². The molecule has 0 amide bonds. The third kappa shape index (κ3) is 2.61. The van der Waals surface area contributed by atoms with Crippen LogP contribution in [-0.4, -0.2) is 12.6 Å². The van der Waals surface area contributed by atoms with Crippen molar-refractivity contribution in [3.63, 3.8) is 0 Å². The molecule has 0 unspecified atom stereocenters. The minimum absolute atomic E-state index is 0.0207. The number of allylic oxidation sites excluding steroid dienone is 2. The zero-order chi connectivity index (χ0) is 9.68. The molecule has 0 bridgehead atoms. The molecule has 0 aromatic carbocycles. The topological polar surface area (TPSA) is 35.5 Å². The lowest BCUT2D eigenvalue weighted by atomic mass is 10.2. The van der Waals surface area contributed by atoms with Gasteiger partial charge in [-0.3, -0.25) is 0 Å². The van der Waals surface area contributed by atoms with Crippen LogP contribution in [0.25, 0.3) is 0 Å². The number of esters is 1. The highest BCUT2D eigenvalue weighted by molar-refractivity contribution is 5.74. The molecule has 3 nitrogen and oxygen atoms in total. The fraction of sp³-hybridized carbons (Fsp3) is 0.500. The highest BCUT2D eigenvalue weighted by Crippen LogP contribution is 2.19. The third-order valence-electron chi connectivity index (χ3n) is 1.69. The van der Waals surface area contributed by atoms with Crippen molar-refractivity contribution in [3.05, 3.63) is 23.7 Å². The summed E-state index contributed by atoms with van der Waals surface area (Å²) in [6.45, 7) is 3.92. The molecule has 1 rings (SSSR count). The number of carbonyl (C=O) groups is 1. The molecule has 1 saturated heterocycles. The van der Waals surface area contributed by atoms with Gasteiger partial charge in [0.2, 0.25) is 0 Å². The third-order valence-corrected chi connectivity index (χ3v) is 1.69. The van der Waals surface area contributed by atoms with Crippen LogP contribution in [0.15, 0.2) is 23.7 Å². The summed E-state index contributed by atoms with van der Waals surface area (Å²) in [5.74, 6) is 0.885. The average Bonchev–Trinajstić information content (AvgIpc) is 2.16. The maximum absolute atomic E-state index is 10.8. The predicted octanol–water partition coefficient (Wildman–Crippen LogP) is 2.15. The Balaban J connectivity index is 2.68. The summed E-state index contributed by atoms with van der Waals surface area (Å²) in [5.41, 5.74) is 0. The lowest BCUT2D eigenvalue weighted by Crippen LogP contribution is -2.20. The molecule has 0 N–H and O–H groups in total. The van der Waals surface area contributed by atoms with E-state index >= 15 is 0 Å². The lowest BCUT2D eigenvalue weighted by molar-refractivity contribution is -0.147. The van der Waals surface area contributed by atoms with E-state index in [0.29, 0.717) is 11.5 Å². The van der Waals surface area contributed by atoms with Crippen molar-refractivity contribution in [3.8, 4) is 0 Å². The van der Waals surface area contributed by atoms with Gasteiger partial charge in [0.05, 0.1) is 0 Å². The van der Waals surface area contributed by atoms with Crippen LogP contribution < -0.4 is 0 Å². The zero-order valence-corrected chi connectivity index (χ0v) is 8.00. The predicted molar refractivity (Wildman–Crippen MR) is 48.8 cm³/mol. The van der Waals surface area contributed by atoms with Crippen LogP contribution in [0.5, 0.6) is 0 Å². The summed E-state index contributed by atoms with van der Waals surface area (Å²) >= 11 is 0. The smallest absolute Gasteiger partial charge is 0.349 e. The number of cyclic esters (lactones) is 1. The van der Waals surface area contributed by atoms with Gasteiger partial charge in [-0.1, -0.05) is 13.3 Å². The van der Waals surface area contributed by atoms with E-state index < -0.39 is 0 Å². The molecule has 0 radical (unpaired) electrons. The van der Waals surface area contributed by atoms with Crippen molar-refractivity contribution in [1.82, 2.24) is 0 Å². The van der Waals surface area contributed by atoms with Gasteiger partial charge in [-0.15, -0.1) is 0 Å². The number of ether oxygens (including phenoxy) is 2. The number of carbonyl (C=O) groups excluding carboxylic acids is 1.